The first kappa shape index (κ1) is 26.0. The van der Waals surface area contributed by atoms with Gasteiger partial charge in [-0.05, 0) is 22.3 Å². The maximum Gasteiger partial charge on any atom is 0.355 e. The topological polar surface area (TPSA) is 60.7 Å². The molecule has 0 saturated heterocycles. The molecule has 180 valence electrons. The van der Waals surface area contributed by atoms with E-state index < -0.39 is 23.1 Å². The van der Waals surface area contributed by atoms with Crippen LogP contribution in [0.1, 0.15) is 43.7 Å². The van der Waals surface area contributed by atoms with Crippen LogP contribution in [0, 0.1) is 0 Å². The van der Waals surface area contributed by atoms with Gasteiger partial charge in [0.05, 0.1) is 11.5 Å². The van der Waals surface area contributed by atoms with Crippen LogP contribution in [0.2, 0.25) is 5.04 Å². The molecular formula is C26H31ClN2O3SSi. The third-order valence-electron chi connectivity index (χ3n) is 5.85. The van der Waals surface area contributed by atoms with E-state index in [-0.39, 0.29) is 22.2 Å². The Morgan fingerprint density at radius 2 is 1.62 bits per heavy atom. The molecule has 0 saturated carbocycles. The molecular weight excluding hydrogens is 484 g/mol. The number of aryl methyl sites for hydroxylation is 1. The molecule has 1 unspecified atom stereocenters. The van der Waals surface area contributed by atoms with E-state index in [2.05, 4.69) is 27.4 Å². The molecule has 3 aromatic rings. The number of rotatable bonds is 7. The fourth-order valence-corrected chi connectivity index (χ4v) is 13.5. The molecule has 2 aromatic carbocycles. The fraction of sp³-hybridized carbons (Fsp3) is 0.269. The van der Waals surface area contributed by atoms with E-state index in [0.29, 0.717) is 5.56 Å². The average molecular weight is 515 g/mol. The third-order valence-corrected chi connectivity index (χ3v) is 14.4. The zero-order chi connectivity index (χ0) is 25.1. The average Bonchev–Trinajstić information content (AvgIpc) is 3.15. The molecule has 1 atom stereocenters. The molecule has 0 aliphatic carbocycles. The Morgan fingerprint density at radius 3 is 2.03 bits per heavy atom. The molecule has 1 aromatic heterocycles. The number of carbonyl (C=O) groups is 1. The van der Waals surface area contributed by atoms with Gasteiger partial charge in [0.2, 0.25) is 0 Å². The largest absolute Gasteiger partial charge is 0.461 e. The molecule has 0 fully saturated rings. The van der Waals surface area contributed by atoms with Crippen molar-refractivity contribution in [1.29, 1.82) is 0 Å². The first-order valence-corrected chi connectivity index (χ1v) is 15.4. The Bertz CT molecular complexity index is 1270. The van der Waals surface area contributed by atoms with Crippen molar-refractivity contribution in [2.24, 2.45) is 11.1 Å². The zero-order valence-corrected chi connectivity index (χ0v) is 22.8. The molecule has 0 spiro atoms. The van der Waals surface area contributed by atoms with Crippen LogP contribution in [0.3, 0.4) is 0 Å². The lowest BCUT2D eigenvalue weighted by molar-refractivity contribution is 0.0515. The summed E-state index contributed by atoms with van der Waals surface area (Å²) in [5, 5.41) is 1.63. The molecule has 0 amide bonds. The van der Waals surface area contributed by atoms with E-state index in [1.807, 2.05) is 60.7 Å². The van der Waals surface area contributed by atoms with Gasteiger partial charge in [-0.2, -0.15) is 0 Å². The summed E-state index contributed by atoms with van der Waals surface area (Å²) in [6.45, 7) is 12.1. The van der Waals surface area contributed by atoms with Gasteiger partial charge in [0.15, 0.2) is 8.94 Å². The first-order valence-electron chi connectivity index (χ1n) is 11.1. The summed E-state index contributed by atoms with van der Waals surface area (Å²) in [4.78, 5) is 12.9. The first-order chi connectivity index (χ1) is 16.0. The predicted molar refractivity (Wildman–Crippen MR) is 144 cm³/mol. The van der Waals surface area contributed by atoms with Crippen LogP contribution in [0.4, 0.5) is 0 Å². The highest BCUT2D eigenvalue weighted by molar-refractivity contribution is 8.16. The number of carbonyl (C=O) groups excluding carboxylic acids is 1. The minimum Gasteiger partial charge on any atom is -0.461 e. The summed E-state index contributed by atoms with van der Waals surface area (Å²) < 4.78 is 26.2. The van der Waals surface area contributed by atoms with Gasteiger partial charge in [0.25, 0.3) is 8.24 Å². The van der Waals surface area contributed by atoms with Crippen LogP contribution in [-0.4, -0.2) is 29.6 Å². The summed E-state index contributed by atoms with van der Waals surface area (Å²) in [6, 6.07) is 19.9. The van der Waals surface area contributed by atoms with Crippen molar-refractivity contribution >= 4 is 50.3 Å². The van der Waals surface area contributed by atoms with Crippen molar-refractivity contribution in [3.63, 3.8) is 0 Å². The molecule has 0 aliphatic heterocycles. The van der Waals surface area contributed by atoms with E-state index in [9.17, 15) is 9.00 Å². The van der Waals surface area contributed by atoms with Gasteiger partial charge in [-0.3, -0.25) is 0 Å². The Kier molecular flexibility index (Phi) is 7.60. The number of hydrogen-bond acceptors (Lipinski definition) is 4. The van der Waals surface area contributed by atoms with Crippen molar-refractivity contribution in [3.05, 3.63) is 84.7 Å². The van der Waals surface area contributed by atoms with Gasteiger partial charge >= 0.3 is 5.97 Å². The Morgan fingerprint density at radius 1 is 1.12 bits per heavy atom. The van der Waals surface area contributed by atoms with Gasteiger partial charge in [-0.1, -0.05) is 94.1 Å². The monoisotopic (exact) mass is 514 g/mol. The summed E-state index contributed by atoms with van der Waals surface area (Å²) in [5.41, 5.74) is 0.625. The molecule has 0 aliphatic rings. The lowest BCUT2D eigenvalue weighted by Gasteiger charge is -2.40. The molecule has 8 heteroatoms. The van der Waals surface area contributed by atoms with E-state index in [1.54, 1.807) is 24.7 Å². The minimum atomic E-state index is -3.48. The van der Waals surface area contributed by atoms with Crippen LogP contribution in [0.25, 0.3) is 6.08 Å². The Labute approximate surface area is 208 Å². The SMILES string of the molecule is C=Cc1c(S(=O)(Cl)=N[Si](c2ccccc2)(c2ccccc2)C(C)(C)C)cn(C)c1C(=O)OCC. The third kappa shape index (κ3) is 4.65. The maximum absolute atomic E-state index is 14.3. The highest BCUT2D eigenvalue weighted by Gasteiger charge is 2.50. The molecule has 34 heavy (non-hydrogen) atoms. The number of esters is 1. The summed E-state index contributed by atoms with van der Waals surface area (Å²) in [7, 11) is 2.00. The number of benzene rings is 2. The number of halogens is 1. The summed E-state index contributed by atoms with van der Waals surface area (Å²) in [6.07, 6.45) is 3.09. The maximum atomic E-state index is 14.3. The van der Waals surface area contributed by atoms with Crippen LogP contribution in [-0.2, 0) is 20.7 Å². The van der Waals surface area contributed by atoms with Gasteiger partial charge in [-0.25, -0.2) is 13.0 Å². The second-order valence-corrected chi connectivity index (χ2v) is 16.5. The van der Waals surface area contributed by atoms with Crippen LogP contribution < -0.4 is 10.4 Å². The number of ether oxygens (including phenoxy) is 1. The number of aromatic nitrogens is 1. The van der Waals surface area contributed by atoms with Crippen LogP contribution in [0.15, 0.2) is 82.4 Å². The molecule has 0 bridgehead atoms. The second kappa shape index (κ2) is 9.94. The highest BCUT2D eigenvalue weighted by atomic mass is 35.7. The van der Waals surface area contributed by atoms with Crippen molar-refractivity contribution in [2.45, 2.75) is 37.6 Å². The Hall–Kier alpha value is -2.61. The van der Waals surface area contributed by atoms with E-state index in [4.69, 9.17) is 19.4 Å². The lowest BCUT2D eigenvalue weighted by atomic mass is 10.2. The normalized spacial score (nSPS) is 13.7. The van der Waals surface area contributed by atoms with E-state index in [1.165, 1.54) is 6.08 Å². The molecule has 1 heterocycles. The summed E-state index contributed by atoms with van der Waals surface area (Å²) >= 11 is 0. The molecule has 3 rings (SSSR count). The van der Waals surface area contributed by atoms with Gasteiger partial charge in [0.1, 0.15) is 5.69 Å². The highest BCUT2D eigenvalue weighted by Crippen LogP contribution is 2.40. The van der Waals surface area contributed by atoms with Crippen LogP contribution in [0.5, 0.6) is 0 Å². The van der Waals surface area contributed by atoms with Crippen molar-refractivity contribution in [1.82, 2.24) is 4.57 Å². The van der Waals surface area contributed by atoms with Gasteiger partial charge in [-0.15, -0.1) is 0 Å². The van der Waals surface area contributed by atoms with Crippen molar-refractivity contribution in [2.75, 3.05) is 6.61 Å². The fourth-order valence-electron chi connectivity index (χ4n) is 4.33. The Balaban J connectivity index is 2.42. The van der Waals surface area contributed by atoms with Gasteiger partial charge in [0, 0.05) is 29.5 Å². The quantitative estimate of drug-likeness (QED) is 0.241. The van der Waals surface area contributed by atoms with Crippen LogP contribution >= 0.6 is 10.7 Å². The minimum absolute atomic E-state index is 0.221. The molecule has 5 nitrogen and oxygen atoms in total. The van der Waals surface area contributed by atoms with E-state index >= 15 is 0 Å². The number of hydrogen-bond donors (Lipinski definition) is 0. The van der Waals surface area contributed by atoms with Gasteiger partial charge < -0.3 is 9.30 Å². The smallest absolute Gasteiger partial charge is 0.355 e. The molecule has 0 N–H and O–H groups in total. The molecule has 0 radical (unpaired) electrons. The zero-order valence-electron chi connectivity index (χ0n) is 20.2. The second-order valence-electron chi connectivity index (χ2n) is 9.03. The van der Waals surface area contributed by atoms with Crippen molar-refractivity contribution < 1.29 is 13.7 Å². The van der Waals surface area contributed by atoms with Crippen molar-refractivity contribution in [3.8, 4) is 0 Å². The summed E-state index contributed by atoms with van der Waals surface area (Å²) in [5.74, 6) is -0.525. The lowest BCUT2D eigenvalue weighted by Crippen LogP contribution is -2.63. The van der Waals surface area contributed by atoms with E-state index in [0.717, 1.165) is 10.4 Å². The standard InChI is InChI=1S/C26H31ClN2O3SSi/c1-7-22-23(19-29(6)24(22)25(30)32-8-2)33(27,31)28-34(26(3,4)5,20-15-11-9-12-16-20)21-17-13-10-14-18-21/h7,9-19H,1,8H2,2-6H3. The predicted octanol–water partition coefficient (Wildman–Crippen LogP) is 5.39. The number of nitrogens with zero attached hydrogens (tertiary/aromatic N) is 2.